The summed E-state index contributed by atoms with van der Waals surface area (Å²) in [5, 5.41) is 4.49. The van der Waals surface area contributed by atoms with Crippen LogP contribution >= 0.6 is 0 Å². The van der Waals surface area contributed by atoms with Crippen LogP contribution in [0.5, 0.6) is 0 Å². The number of hydrogen-bond acceptors (Lipinski definition) is 6. The summed E-state index contributed by atoms with van der Waals surface area (Å²) in [4.78, 5) is 26.9. The van der Waals surface area contributed by atoms with E-state index in [2.05, 4.69) is 5.10 Å². The molecule has 0 saturated carbocycles. The molecule has 2 atom stereocenters. The SMILES string of the molecule is CCOC(=O)c1c2c(nn1C)C[C@@H]1COC[C@H]2N1C(=O)OC(C)(C)C. The maximum Gasteiger partial charge on any atom is 0.411 e. The first-order valence-corrected chi connectivity index (χ1v) is 8.55. The van der Waals surface area contributed by atoms with E-state index in [1.54, 1.807) is 18.9 Å². The molecule has 0 unspecified atom stereocenters. The van der Waals surface area contributed by atoms with Crippen LogP contribution in [-0.2, 0) is 27.7 Å². The van der Waals surface area contributed by atoms with Crippen molar-refractivity contribution in [2.24, 2.45) is 7.05 Å². The Bertz CT molecular complexity index is 691. The van der Waals surface area contributed by atoms with Crippen molar-refractivity contribution in [2.45, 2.75) is 51.8 Å². The van der Waals surface area contributed by atoms with Crippen LogP contribution in [0.1, 0.15) is 55.5 Å². The molecule has 0 N–H and O–H groups in total. The van der Waals surface area contributed by atoms with Crippen molar-refractivity contribution < 1.29 is 23.8 Å². The van der Waals surface area contributed by atoms with E-state index in [1.807, 2.05) is 20.8 Å². The number of rotatable bonds is 2. The van der Waals surface area contributed by atoms with E-state index in [0.29, 0.717) is 30.9 Å². The van der Waals surface area contributed by atoms with Crippen LogP contribution in [0.25, 0.3) is 0 Å². The standard InChI is InChI=1S/C17H25N3O5/c1-6-24-15(21)14-13-11(18-19(14)5)7-10-8-23-9-12(13)20(10)16(22)25-17(2,3)4/h10,12H,6-9H2,1-5H3/t10-,12-/m1/s1. The van der Waals surface area contributed by atoms with Gasteiger partial charge in [0.1, 0.15) is 5.60 Å². The van der Waals surface area contributed by atoms with Crippen molar-refractivity contribution in [2.75, 3.05) is 19.8 Å². The van der Waals surface area contributed by atoms with Crippen molar-refractivity contribution >= 4 is 12.1 Å². The Morgan fingerprint density at radius 3 is 2.68 bits per heavy atom. The van der Waals surface area contributed by atoms with Crippen LogP contribution in [0.3, 0.4) is 0 Å². The quantitative estimate of drug-likeness (QED) is 0.756. The Balaban J connectivity index is 2.00. The molecule has 2 bridgehead atoms. The Kier molecular flexibility index (Phi) is 4.49. The highest BCUT2D eigenvalue weighted by molar-refractivity contribution is 5.90. The minimum Gasteiger partial charge on any atom is -0.461 e. The number of amides is 1. The number of carbonyl (C=O) groups excluding carboxylic acids is 2. The summed E-state index contributed by atoms with van der Waals surface area (Å²) in [6, 6.07) is -0.545. The van der Waals surface area contributed by atoms with Gasteiger partial charge in [-0.3, -0.25) is 9.58 Å². The smallest absolute Gasteiger partial charge is 0.411 e. The van der Waals surface area contributed by atoms with Crippen LogP contribution in [0.15, 0.2) is 0 Å². The lowest BCUT2D eigenvalue weighted by Crippen LogP contribution is -2.55. The average Bonchev–Trinajstić information content (AvgIpc) is 2.81. The first-order valence-electron chi connectivity index (χ1n) is 8.55. The minimum absolute atomic E-state index is 0.147. The second-order valence-corrected chi connectivity index (χ2v) is 7.35. The van der Waals surface area contributed by atoms with Crippen LogP contribution in [-0.4, -0.2) is 58.2 Å². The summed E-state index contributed by atoms with van der Waals surface area (Å²) < 4.78 is 18.0. The first kappa shape index (κ1) is 17.7. The van der Waals surface area contributed by atoms with Gasteiger partial charge in [0.15, 0.2) is 5.69 Å². The molecule has 1 fully saturated rings. The number of hydrogen-bond donors (Lipinski definition) is 0. The lowest BCUT2D eigenvalue weighted by molar-refractivity contribution is -0.0677. The zero-order chi connectivity index (χ0) is 18.4. The zero-order valence-corrected chi connectivity index (χ0v) is 15.4. The maximum absolute atomic E-state index is 12.8. The van der Waals surface area contributed by atoms with E-state index >= 15 is 0 Å². The molecule has 0 radical (unpaired) electrons. The van der Waals surface area contributed by atoms with Gasteiger partial charge in [-0.05, 0) is 27.7 Å². The number of carbonyl (C=O) groups is 2. The molecule has 1 aromatic heterocycles. The summed E-state index contributed by atoms with van der Waals surface area (Å²) in [7, 11) is 1.72. The third-order valence-electron chi connectivity index (χ3n) is 4.31. The molecule has 25 heavy (non-hydrogen) atoms. The molecule has 0 spiro atoms. The van der Waals surface area contributed by atoms with Crippen LogP contribution in [0.4, 0.5) is 4.79 Å². The monoisotopic (exact) mass is 351 g/mol. The fourth-order valence-electron chi connectivity index (χ4n) is 3.46. The molecule has 138 valence electrons. The molecular formula is C17H25N3O5. The number of aromatic nitrogens is 2. The highest BCUT2D eigenvalue weighted by Crippen LogP contribution is 2.39. The van der Waals surface area contributed by atoms with Gasteiger partial charge in [-0.15, -0.1) is 0 Å². The summed E-state index contributed by atoms with van der Waals surface area (Å²) in [6.45, 7) is 8.27. The lowest BCUT2D eigenvalue weighted by atomic mass is 9.90. The van der Waals surface area contributed by atoms with Gasteiger partial charge in [0, 0.05) is 19.0 Å². The number of morpholine rings is 1. The van der Waals surface area contributed by atoms with Crippen LogP contribution in [0, 0.1) is 0 Å². The number of esters is 1. The second-order valence-electron chi connectivity index (χ2n) is 7.35. The fraction of sp³-hybridized carbons (Fsp3) is 0.706. The van der Waals surface area contributed by atoms with Gasteiger partial charge in [0.05, 0.1) is 37.6 Å². The van der Waals surface area contributed by atoms with Gasteiger partial charge in [-0.2, -0.15) is 5.10 Å². The van der Waals surface area contributed by atoms with E-state index in [0.717, 1.165) is 5.69 Å². The number of fused-ring (bicyclic) bond motifs is 4. The lowest BCUT2D eigenvalue weighted by Gasteiger charge is -2.45. The van der Waals surface area contributed by atoms with Gasteiger partial charge >= 0.3 is 12.1 Å². The third kappa shape index (κ3) is 3.22. The number of aryl methyl sites for hydroxylation is 1. The van der Waals surface area contributed by atoms with Gasteiger partial charge in [-0.1, -0.05) is 0 Å². The molecule has 2 aliphatic rings. The number of ether oxygens (including phenoxy) is 3. The molecule has 0 aliphatic carbocycles. The summed E-state index contributed by atoms with van der Waals surface area (Å²) >= 11 is 0. The van der Waals surface area contributed by atoms with Crippen molar-refractivity contribution in [3.05, 3.63) is 17.0 Å². The highest BCUT2D eigenvalue weighted by Gasteiger charge is 2.46. The Hall–Kier alpha value is -2.09. The van der Waals surface area contributed by atoms with E-state index < -0.39 is 23.7 Å². The molecule has 1 aromatic rings. The molecule has 1 amide bonds. The third-order valence-corrected chi connectivity index (χ3v) is 4.31. The van der Waals surface area contributed by atoms with Crippen molar-refractivity contribution in [1.29, 1.82) is 0 Å². The van der Waals surface area contributed by atoms with Crippen LogP contribution in [0.2, 0.25) is 0 Å². The van der Waals surface area contributed by atoms with Gasteiger partial charge in [0.25, 0.3) is 0 Å². The normalized spacial score (nSPS) is 22.4. The Morgan fingerprint density at radius 2 is 2.04 bits per heavy atom. The topological polar surface area (TPSA) is 82.9 Å². The van der Waals surface area contributed by atoms with Crippen molar-refractivity contribution in [3.63, 3.8) is 0 Å². The molecule has 8 heteroatoms. The fourth-order valence-corrected chi connectivity index (χ4v) is 3.46. The van der Waals surface area contributed by atoms with Gasteiger partial charge in [-0.25, -0.2) is 9.59 Å². The predicted octanol–water partition coefficient (Wildman–Crippen LogP) is 1.83. The molecule has 1 saturated heterocycles. The van der Waals surface area contributed by atoms with Gasteiger partial charge in [0.2, 0.25) is 0 Å². The molecule has 3 rings (SSSR count). The minimum atomic E-state index is -0.592. The van der Waals surface area contributed by atoms with E-state index in [-0.39, 0.29) is 12.6 Å². The van der Waals surface area contributed by atoms with Crippen molar-refractivity contribution in [1.82, 2.24) is 14.7 Å². The molecule has 3 heterocycles. The molecule has 2 aliphatic heterocycles. The van der Waals surface area contributed by atoms with E-state index in [4.69, 9.17) is 14.2 Å². The summed E-state index contributed by atoms with van der Waals surface area (Å²) in [5.74, 6) is -0.438. The average molecular weight is 351 g/mol. The van der Waals surface area contributed by atoms with Crippen LogP contribution < -0.4 is 0 Å². The van der Waals surface area contributed by atoms with Crippen molar-refractivity contribution in [3.8, 4) is 0 Å². The molecule has 8 nitrogen and oxygen atoms in total. The van der Waals surface area contributed by atoms with E-state index in [1.165, 1.54) is 4.68 Å². The predicted molar refractivity (Wildman–Crippen MR) is 88.3 cm³/mol. The Labute approximate surface area is 147 Å². The van der Waals surface area contributed by atoms with Gasteiger partial charge < -0.3 is 14.2 Å². The first-order chi connectivity index (χ1) is 11.7. The summed E-state index contributed by atoms with van der Waals surface area (Å²) in [5.41, 5.74) is 1.32. The summed E-state index contributed by atoms with van der Waals surface area (Å²) in [6.07, 6.45) is 0.133. The second kappa shape index (κ2) is 6.33. The number of nitrogens with zero attached hydrogens (tertiary/aromatic N) is 3. The maximum atomic E-state index is 12.8. The highest BCUT2D eigenvalue weighted by atomic mass is 16.6. The zero-order valence-electron chi connectivity index (χ0n) is 15.4. The van der Waals surface area contributed by atoms with E-state index in [9.17, 15) is 9.59 Å². The largest absolute Gasteiger partial charge is 0.461 e. The molecular weight excluding hydrogens is 326 g/mol. The Morgan fingerprint density at radius 1 is 1.32 bits per heavy atom. The molecule has 0 aromatic carbocycles.